The Kier molecular flexibility index (Phi) is 4.43. The van der Waals surface area contributed by atoms with Gasteiger partial charge in [-0.1, -0.05) is 21.9 Å². The van der Waals surface area contributed by atoms with E-state index < -0.39 is 27.3 Å². The van der Waals surface area contributed by atoms with Gasteiger partial charge in [-0.2, -0.15) is 0 Å². The zero-order valence-corrected chi connectivity index (χ0v) is 11.3. The monoisotopic (exact) mass is 292 g/mol. The summed E-state index contributed by atoms with van der Waals surface area (Å²) in [7, 11) is -1.91. The summed E-state index contributed by atoms with van der Waals surface area (Å²) >= 11 is -2.33. The van der Waals surface area contributed by atoms with Crippen molar-refractivity contribution in [2.45, 2.75) is 4.90 Å². The van der Waals surface area contributed by atoms with Gasteiger partial charge in [-0.05, 0) is 12.1 Å². The molecular weight excluding hydrogens is 280 g/mol. The molecule has 9 heteroatoms. The number of carboxylic acid groups (broad SMARTS) is 1. The third-order valence-corrected chi connectivity index (χ3v) is 5.68. The maximum absolute atomic E-state index is 12.0. The summed E-state index contributed by atoms with van der Waals surface area (Å²) in [5.74, 6) is 0. The first-order valence-corrected chi connectivity index (χ1v) is 7.21. The highest BCUT2D eigenvalue weighted by atomic mass is 32.3. The predicted octanol–water partition coefficient (Wildman–Crippen LogP) is 0.496. The molecule has 0 bridgehead atoms. The van der Waals surface area contributed by atoms with Gasteiger partial charge < -0.3 is 5.11 Å². The van der Waals surface area contributed by atoms with Crippen LogP contribution in [0.2, 0.25) is 0 Å². The van der Waals surface area contributed by atoms with E-state index in [9.17, 15) is 17.4 Å². The van der Waals surface area contributed by atoms with Crippen molar-refractivity contribution in [3.8, 4) is 0 Å². The summed E-state index contributed by atoms with van der Waals surface area (Å²) in [6, 6.07) is 7.35. The molecule has 0 saturated heterocycles. The average Bonchev–Trinajstić information content (AvgIpc) is 2.36. The maximum Gasteiger partial charge on any atom is 0.420 e. The zero-order valence-electron chi connectivity index (χ0n) is 9.68. The fourth-order valence-corrected chi connectivity index (χ4v) is 3.57. The molecule has 0 heterocycles. The lowest BCUT2D eigenvalue weighted by molar-refractivity contribution is 0.179. The van der Waals surface area contributed by atoms with E-state index in [1.807, 2.05) is 0 Å². The number of hydrogen-bond donors (Lipinski definition) is 1. The van der Waals surface area contributed by atoms with Crippen LogP contribution in [-0.2, 0) is 21.2 Å². The lowest BCUT2D eigenvalue weighted by atomic mass is 10.4. The van der Waals surface area contributed by atoms with Crippen LogP contribution < -0.4 is 0 Å². The third kappa shape index (κ3) is 2.86. The SMILES string of the molecule is CN(C(=O)O)S(=O)N(C)S(=O)(=O)c1ccccc1. The summed E-state index contributed by atoms with van der Waals surface area (Å²) in [5.41, 5.74) is 0. The van der Waals surface area contributed by atoms with E-state index in [-0.39, 0.29) is 4.90 Å². The quantitative estimate of drug-likeness (QED) is 0.871. The Morgan fingerprint density at radius 2 is 1.72 bits per heavy atom. The Bertz CT molecular complexity index is 558. The minimum atomic E-state index is -3.99. The van der Waals surface area contributed by atoms with Gasteiger partial charge in [0.1, 0.15) is 0 Å². The van der Waals surface area contributed by atoms with Crippen LogP contribution in [0.15, 0.2) is 35.2 Å². The molecule has 1 amide bonds. The highest BCUT2D eigenvalue weighted by molar-refractivity contribution is 8.00. The molecule has 1 unspecified atom stereocenters. The topological polar surface area (TPSA) is 95.0 Å². The van der Waals surface area contributed by atoms with Gasteiger partial charge in [0.2, 0.25) is 11.2 Å². The highest BCUT2D eigenvalue weighted by Crippen LogP contribution is 2.16. The number of hydrogen-bond acceptors (Lipinski definition) is 4. The van der Waals surface area contributed by atoms with Crippen LogP contribution in [0.25, 0.3) is 0 Å². The van der Waals surface area contributed by atoms with Crippen molar-refractivity contribution in [1.29, 1.82) is 0 Å². The van der Waals surface area contributed by atoms with Crippen LogP contribution in [0.3, 0.4) is 0 Å². The van der Waals surface area contributed by atoms with Crippen molar-refractivity contribution >= 4 is 27.3 Å². The van der Waals surface area contributed by atoms with Crippen LogP contribution in [-0.4, -0.2) is 45.9 Å². The molecule has 18 heavy (non-hydrogen) atoms. The van der Waals surface area contributed by atoms with Gasteiger partial charge in [0, 0.05) is 14.1 Å². The van der Waals surface area contributed by atoms with Crippen molar-refractivity contribution in [2.75, 3.05) is 14.1 Å². The van der Waals surface area contributed by atoms with Crippen molar-refractivity contribution in [3.63, 3.8) is 0 Å². The average molecular weight is 292 g/mol. The standard InChI is InChI=1S/C9H12N2O5S2/c1-10(9(12)13)17(14)11(2)18(15,16)8-6-4-3-5-7-8/h3-7H,1-2H3,(H,12,13). The first-order valence-electron chi connectivity index (χ1n) is 4.71. The summed E-state index contributed by atoms with van der Waals surface area (Å²) in [5, 5.41) is 8.65. The number of carbonyl (C=O) groups is 1. The van der Waals surface area contributed by atoms with Gasteiger partial charge in [0.15, 0.2) is 0 Å². The second-order valence-corrected chi connectivity index (χ2v) is 7.00. The van der Waals surface area contributed by atoms with Gasteiger partial charge in [0.05, 0.1) is 4.90 Å². The van der Waals surface area contributed by atoms with Crippen LogP contribution >= 0.6 is 0 Å². The van der Waals surface area contributed by atoms with Gasteiger partial charge in [-0.15, -0.1) is 0 Å². The Labute approximate surface area is 107 Å². The van der Waals surface area contributed by atoms with E-state index in [0.717, 1.165) is 14.1 Å². The number of amides is 1. The molecule has 1 aromatic carbocycles. The van der Waals surface area contributed by atoms with E-state index in [2.05, 4.69) is 0 Å². The first-order chi connectivity index (χ1) is 8.28. The molecule has 0 saturated carbocycles. The van der Waals surface area contributed by atoms with Gasteiger partial charge in [0.25, 0.3) is 10.0 Å². The lowest BCUT2D eigenvalue weighted by Gasteiger charge is -2.20. The summed E-state index contributed by atoms with van der Waals surface area (Å²) in [6.07, 6.45) is -1.48. The zero-order chi connectivity index (χ0) is 13.9. The molecule has 1 N–H and O–H groups in total. The molecule has 1 aromatic rings. The lowest BCUT2D eigenvalue weighted by Crippen LogP contribution is -2.40. The van der Waals surface area contributed by atoms with Crippen molar-refractivity contribution < 1.29 is 22.5 Å². The van der Waals surface area contributed by atoms with Crippen LogP contribution in [0.4, 0.5) is 4.79 Å². The van der Waals surface area contributed by atoms with Crippen molar-refractivity contribution in [1.82, 2.24) is 8.02 Å². The molecule has 0 aromatic heterocycles. The summed E-state index contributed by atoms with van der Waals surface area (Å²) in [4.78, 5) is 10.6. The molecule has 100 valence electrons. The van der Waals surface area contributed by atoms with E-state index in [0.29, 0.717) is 8.02 Å². The minimum Gasteiger partial charge on any atom is -0.464 e. The maximum atomic E-state index is 12.0. The second kappa shape index (κ2) is 5.46. The normalized spacial score (nSPS) is 13.3. The van der Waals surface area contributed by atoms with E-state index in [1.165, 1.54) is 24.3 Å². The van der Waals surface area contributed by atoms with Gasteiger partial charge >= 0.3 is 6.09 Å². The minimum absolute atomic E-state index is 0.0559. The predicted molar refractivity (Wildman–Crippen MR) is 65.3 cm³/mol. The molecule has 0 aliphatic carbocycles. The first kappa shape index (κ1) is 14.6. The molecule has 0 aliphatic heterocycles. The number of nitrogens with zero attached hydrogens (tertiary/aromatic N) is 2. The van der Waals surface area contributed by atoms with Crippen LogP contribution in [0.1, 0.15) is 0 Å². The molecule has 0 spiro atoms. The van der Waals surface area contributed by atoms with Crippen LogP contribution in [0, 0.1) is 0 Å². The van der Waals surface area contributed by atoms with Crippen LogP contribution in [0.5, 0.6) is 0 Å². The molecule has 0 aliphatic rings. The number of rotatable bonds is 4. The van der Waals surface area contributed by atoms with E-state index in [4.69, 9.17) is 5.11 Å². The number of benzene rings is 1. The largest absolute Gasteiger partial charge is 0.464 e. The Morgan fingerprint density at radius 3 is 2.17 bits per heavy atom. The second-order valence-electron chi connectivity index (χ2n) is 3.24. The molecule has 1 atom stereocenters. The Balaban J connectivity index is 3.08. The van der Waals surface area contributed by atoms with Gasteiger partial charge in [-0.25, -0.2) is 21.7 Å². The number of sulfonamides is 1. The molecule has 7 nitrogen and oxygen atoms in total. The van der Waals surface area contributed by atoms with E-state index >= 15 is 0 Å². The smallest absolute Gasteiger partial charge is 0.420 e. The molecular formula is C9H12N2O5S2. The van der Waals surface area contributed by atoms with E-state index in [1.54, 1.807) is 6.07 Å². The van der Waals surface area contributed by atoms with Crippen molar-refractivity contribution in [2.24, 2.45) is 0 Å². The third-order valence-electron chi connectivity index (χ3n) is 2.10. The Morgan fingerprint density at radius 1 is 1.22 bits per heavy atom. The van der Waals surface area contributed by atoms with Crippen molar-refractivity contribution in [3.05, 3.63) is 30.3 Å². The molecule has 0 fully saturated rings. The highest BCUT2D eigenvalue weighted by Gasteiger charge is 2.29. The fraction of sp³-hybridized carbons (Fsp3) is 0.222. The Hall–Kier alpha value is -1.45. The van der Waals surface area contributed by atoms with Gasteiger partial charge in [-0.3, -0.25) is 0 Å². The summed E-state index contributed by atoms with van der Waals surface area (Å²) < 4.78 is 36.6. The fourth-order valence-electron chi connectivity index (χ4n) is 1.06. The molecule has 0 radical (unpaired) electrons. The molecule has 1 rings (SSSR count). The summed E-state index contributed by atoms with van der Waals surface area (Å²) in [6.45, 7) is 0.